The molecule has 184 valence electrons. The van der Waals surface area contributed by atoms with E-state index in [9.17, 15) is 13.2 Å². The number of nitrogens with zero attached hydrogens (tertiary/aromatic N) is 3. The van der Waals surface area contributed by atoms with Gasteiger partial charge in [0.15, 0.2) is 11.5 Å². The smallest absolute Gasteiger partial charge is 0.433 e. The van der Waals surface area contributed by atoms with Crippen LogP contribution in [0.5, 0.6) is 11.5 Å². The van der Waals surface area contributed by atoms with Crippen LogP contribution in [0, 0.1) is 12.8 Å². The molecule has 0 aliphatic rings. The van der Waals surface area contributed by atoms with Crippen LogP contribution >= 0.6 is 0 Å². The van der Waals surface area contributed by atoms with Crippen molar-refractivity contribution in [1.82, 2.24) is 15.0 Å². The molecule has 11 heteroatoms. The van der Waals surface area contributed by atoms with Crippen LogP contribution in [0.25, 0.3) is 10.9 Å². The first kappa shape index (κ1) is 25.3. The number of rotatable bonds is 9. The summed E-state index contributed by atoms with van der Waals surface area (Å²) in [5, 5.41) is 3.66. The van der Waals surface area contributed by atoms with Crippen LogP contribution in [0.2, 0.25) is 0 Å². The Morgan fingerprint density at radius 1 is 1.03 bits per heavy atom. The Hall–Kier alpha value is -3.34. The number of alkyl halides is 3. The van der Waals surface area contributed by atoms with Gasteiger partial charge in [0.2, 0.25) is 0 Å². The molecule has 3 rings (SSSR count). The van der Waals surface area contributed by atoms with Crippen LogP contribution in [0.4, 0.5) is 24.7 Å². The molecule has 1 aromatic carbocycles. The van der Waals surface area contributed by atoms with Crippen molar-refractivity contribution in [1.29, 1.82) is 0 Å². The third-order valence-corrected chi connectivity index (χ3v) is 5.17. The number of fused-ring (bicyclic) bond motifs is 1. The number of aromatic nitrogens is 3. The van der Waals surface area contributed by atoms with Gasteiger partial charge in [-0.05, 0) is 31.0 Å². The van der Waals surface area contributed by atoms with Gasteiger partial charge in [-0.2, -0.15) is 13.2 Å². The predicted octanol–water partition coefficient (Wildman–Crippen LogP) is 4.60. The average Bonchev–Trinajstić information content (AvgIpc) is 2.76. The molecule has 0 saturated carbocycles. The maximum Gasteiger partial charge on any atom is 0.433 e. The molecule has 0 fully saturated rings. The first-order valence-electron chi connectivity index (χ1n) is 10.6. The average molecular weight is 480 g/mol. The van der Waals surface area contributed by atoms with Crippen molar-refractivity contribution in [3.8, 4) is 11.5 Å². The lowest BCUT2D eigenvalue weighted by Crippen LogP contribution is -2.26. The van der Waals surface area contributed by atoms with Crippen molar-refractivity contribution in [2.75, 3.05) is 31.9 Å². The van der Waals surface area contributed by atoms with Crippen molar-refractivity contribution in [3.05, 3.63) is 41.5 Å². The van der Waals surface area contributed by atoms with Crippen LogP contribution in [0.15, 0.2) is 24.3 Å². The second-order valence-electron chi connectivity index (χ2n) is 8.10. The Bertz CT molecular complexity index is 1150. The number of ether oxygens (including phenoxy) is 3. The molecular weight excluding hydrogens is 451 g/mol. The van der Waals surface area contributed by atoms with Crippen LogP contribution in [-0.2, 0) is 17.5 Å². The molecule has 8 nitrogen and oxygen atoms in total. The van der Waals surface area contributed by atoms with Crippen LogP contribution in [-0.4, -0.2) is 41.9 Å². The molecule has 0 aliphatic carbocycles. The number of nitrogen functional groups attached to an aromatic ring is 1. The van der Waals surface area contributed by atoms with E-state index in [-0.39, 0.29) is 29.9 Å². The summed E-state index contributed by atoms with van der Waals surface area (Å²) < 4.78 is 56.2. The number of methoxy groups -OCH3 is 2. The predicted molar refractivity (Wildman–Crippen MR) is 123 cm³/mol. The summed E-state index contributed by atoms with van der Waals surface area (Å²) in [5.74, 6) is 2.09. The van der Waals surface area contributed by atoms with E-state index in [2.05, 4.69) is 20.3 Å². The molecular formula is C23H28F3N5O3. The van der Waals surface area contributed by atoms with Crippen molar-refractivity contribution >= 4 is 22.4 Å². The lowest BCUT2D eigenvalue weighted by atomic mass is 10.1. The summed E-state index contributed by atoms with van der Waals surface area (Å²) in [5.41, 5.74) is 5.28. The van der Waals surface area contributed by atoms with E-state index in [0.29, 0.717) is 40.7 Å². The number of hydrogen-bond acceptors (Lipinski definition) is 8. The third kappa shape index (κ3) is 5.96. The zero-order chi connectivity index (χ0) is 25.0. The zero-order valence-corrected chi connectivity index (χ0v) is 19.7. The van der Waals surface area contributed by atoms with Gasteiger partial charge in [0, 0.05) is 24.2 Å². The summed E-state index contributed by atoms with van der Waals surface area (Å²) in [6, 6.07) is 5.64. The van der Waals surface area contributed by atoms with Gasteiger partial charge < -0.3 is 25.3 Å². The monoisotopic (exact) mass is 479 g/mol. The van der Waals surface area contributed by atoms with Gasteiger partial charge in [-0.25, -0.2) is 15.0 Å². The zero-order valence-electron chi connectivity index (χ0n) is 19.7. The highest BCUT2D eigenvalue weighted by Crippen LogP contribution is 2.35. The maximum atomic E-state index is 13.1. The fourth-order valence-corrected chi connectivity index (χ4v) is 3.39. The molecule has 3 N–H and O–H groups in total. The normalized spacial score (nSPS) is 12.7. The number of aryl methyl sites for hydroxylation is 1. The molecule has 0 bridgehead atoms. The quantitative estimate of drug-likeness (QED) is 0.459. The van der Waals surface area contributed by atoms with Gasteiger partial charge in [-0.1, -0.05) is 13.8 Å². The largest absolute Gasteiger partial charge is 0.493 e. The molecule has 0 saturated heterocycles. The Labute approximate surface area is 195 Å². The second-order valence-corrected chi connectivity index (χ2v) is 8.10. The molecule has 0 radical (unpaired) electrons. The van der Waals surface area contributed by atoms with Crippen molar-refractivity contribution in [2.24, 2.45) is 5.92 Å². The summed E-state index contributed by atoms with van der Waals surface area (Å²) in [6.07, 6.45) is -4.72. The van der Waals surface area contributed by atoms with E-state index in [1.807, 2.05) is 13.8 Å². The van der Waals surface area contributed by atoms with Gasteiger partial charge in [0.05, 0.1) is 31.0 Å². The third-order valence-electron chi connectivity index (χ3n) is 5.17. The molecule has 1 atom stereocenters. The first-order chi connectivity index (χ1) is 16.0. The summed E-state index contributed by atoms with van der Waals surface area (Å²) in [4.78, 5) is 12.5. The minimum Gasteiger partial charge on any atom is -0.493 e. The molecule has 2 heterocycles. The molecule has 3 aromatic rings. The highest BCUT2D eigenvalue weighted by Gasteiger charge is 2.33. The van der Waals surface area contributed by atoms with E-state index in [0.717, 1.165) is 6.07 Å². The Morgan fingerprint density at radius 3 is 2.38 bits per heavy atom. The van der Waals surface area contributed by atoms with Crippen LogP contribution < -0.4 is 20.5 Å². The lowest BCUT2D eigenvalue weighted by molar-refractivity contribution is -0.141. The van der Waals surface area contributed by atoms with E-state index in [1.54, 1.807) is 26.2 Å². The first-order valence-corrected chi connectivity index (χ1v) is 10.6. The van der Waals surface area contributed by atoms with Gasteiger partial charge >= 0.3 is 6.18 Å². The number of nitrogens with one attached hydrogen (secondary N) is 1. The number of benzene rings is 1. The van der Waals surface area contributed by atoms with E-state index < -0.39 is 11.9 Å². The van der Waals surface area contributed by atoms with Crippen molar-refractivity contribution < 1.29 is 27.4 Å². The van der Waals surface area contributed by atoms with E-state index in [1.165, 1.54) is 13.2 Å². The van der Waals surface area contributed by atoms with Gasteiger partial charge in [-0.15, -0.1) is 0 Å². The molecule has 34 heavy (non-hydrogen) atoms. The summed E-state index contributed by atoms with van der Waals surface area (Å²) >= 11 is 0. The Kier molecular flexibility index (Phi) is 7.65. The number of anilines is 2. The van der Waals surface area contributed by atoms with Gasteiger partial charge in [0.25, 0.3) is 0 Å². The van der Waals surface area contributed by atoms with E-state index >= 15 is 0 Å². The van der Waals surface area contributed by atoms with Gasteiger partial charge in [0.1, 0.15) is 23.9 Å². The van der Waals surface area contributed by atoms with Gasteiger partial charge in [-0.3, -0.25) is 0 Å². The lowest BCUT2D eigenvalue weighted by Gasteiger charge is -2.21. The molecule has 2 aromatic heterocycles. The number of nitrogens with two attached hydrogens (primary N) is 1. The number of pyridine rings is 1. The highest BCUT2D eigenvalue weighted by molar-refractivity contribution is 5.91. The minimum absolute atomic E-state index is 0.0267. The van der Waals surface area contributed by atoms with Crippen molar-refractivity contribution in [2.45, 2.75) is 39.6 Å². The maximum absolute atomic E-state index is 13.1. The molecule has 0 amide bonds. The number of halogens is 3. The molecule has 0 spiro atoms. The highest BCUT2D eigenvalue weighted by atomic mass is 19.4. The molecule has 0 aliphatic heterocycles. The molecule has 1 unspecified atom stereocenters. The minimum atomic E-state index is -4.60. The standard InChI is InChI=1S/C23H28F3N5O3/c1-12(2)20(33-5)11-34-19-8-16-17(9-18(19)32-4)29-13(3)30-22(16)28-10-15-6-14(27)7-21(31-15)23(24,25)26/h6-9,12,20H,10-11H2,1-5H3,(H2,27,31)(H,28,29,30). The SMILES string of the molecule is COc1cc2nc(C)nc(NCc3cc(N)cc(C(F)(F)F)n3)c2cc1OCC(OC)C(C)C. The Balaban J connectivity index is 1.94. The van der Waals surface area contributed by atoms with Crippen molar-refractivity contribution in [3.63, 3.8) is 0 Å². The van der Waals surface area contributed by atoms with Crippen LogP contribution in [0.3, 0.4) is 0 Å². The van der Waals surface area contributed by atoms with E-state index in [4.69, 9.17) is 19.9 Å². The summed E-state index contributed by atoms with van der Waals surface area (Å²) in [6.45, 7) is 6.05. The second kappa shape index (κ2) is 10.3. The Morgan fingerprint density at radius 2 is 1.76 bits per heavy atom. The fourth-order valence-electron chi connectivity index (χ4n) is 3.39. The van der Waals surface area contributed by atoms with Crippen LogP contribution in [0.1, 0.15) is 31.1 Å². The topological polar surface area (TPSA) is 104 Å². The number of hydrogen-bond donors (Lipinski definition) is 2. The summed E-state index contributed by atoms with van der Waals surface area (Å²) in [7, 11) is 3.15. The fraction of sp³-hybridized carbons (Fsp3) is 0.435.